The summed E-state index contributed by atoms with van der Waals surface area (Å²) in [6, 6.07) is 18.8. The van der Waals surface area contributed by atoms with Crippen molar-refractivity contribution in [1.82, 2.24) is 19.4 Å². The number of carbonyl (C=O) groups is 1. The van der Waals surface area contributed by atoms with Crippen molar-refractivity contribution in [1.29, 1.82) is 0 Å². The van der Waals surface area contributed by atoms with Crippen LogP contribution in [-0.2, 0) is 19.6 Å². The molecule has 0 aromatic heterocycles. The number of rotatable bonds is 8. The van der Waals surface area contributed by atoms with Crippen molar-refractivity contribution in [2.24, 2.45) is 0 Å². The molecule has 2 atom stereocenters. The fraction of sp³-hybridized carbons (Fsp3) is 0.480. The van der Waals surface area contributed by atoms with Gasteiger partial charge in [0.2, 0.25) is 15.9 Å². The molecule has 9 heteroatoms. The molecule has 2 aliphatic heterocycles. The van der Waals surface area contributed by atoms with Gasteiger partial charge in [0.25, 0.3) is 0 Å². The normalized spacial score (nSPS) is 20.5. The molecule has 2 aromatic rings. The van der Waals surface area contributed by atoms with E-state index in [1.165, 1.54) is 9.87 Å². The minimum atomic E-state index is -3.50. The van der Waals surface area contributed by atoms with Gasteiger partial charge in [0.05, 0.1) is 30.7 Å². The second-order valence-corrected chi connectivity index (χ2v) is 10.8. The van der Waals surface area contributed by atoms with E-state index >= 15 is 0 Å². The monoisotopic (exact) mass is 486 g/mol. The van der Waals surface area contributed by atoms with Gasteiger partial charge in [-0.1, -0.05) is 48.5 Å². The summed E-state index contributed by atoms with van der Waals surface area (Å²) in [5, 5.41) is 3.20. The van der Waals surface area contributed by atoms with Gasteiger partial charge in [0, 0.05) is 45.3 Å². The van der Waals surface area contributed by atoms with Gasteiger partial charge in [-0.15, -0.1) is 0 Å². The fourth-order valence-electron chi connectivity index (χ4n) is 4.77. The average molecular weight is 487 g/mol. The maximum absolute atomic E-state index is 12.9. The zero-order valence-electron chi connectivity index (χ0n) is 19.7. The van der Waals surface area contributed by atoms with Crippen LogP contribution in [0.5, 0.6) is 0 Å². The molecule has 0 bridgehead atoms. The van der Waals surface area contributed by atoms with E-state index in [1.54, 1.807) is 30.3 Å². The summed E-state index contributed by atoms with van der Waals surface area (Å²) < 4.78 is 32.7. The van der Waals surface area contributed by atoms with Gasteiger partial charge in [-0.05, 0) is 24.6 Å². The maximum atomic E-state index is 12.9. The zero-order chi connectivity index (χ0) is 24.0. The molecule has 2 saturated heterocycles. The number of nitrogens with one attached hydrogen (secondary N) is 1. The van der Waals surface area contributed by atoms with Crippen LogP contribution in [0.15, 0.2) is 65.6 Å². The van der Waals surface area contributed by atoms with E-state index in [2.05, 4.69) is 29.3 Å². The number of carbonyl (C=O) groups excluding carboxylic acids is 1. The van der Waals surface area contributed by atoms with Gasteiger partial charge in [0.15, 0.2) is 0 Å². The lowest BCUT2D eigenvalue weighted by molar-refractivity contribution is -0.123. The van der Waals surface area contributed by atoms with E-state index in [-0.39, 0.29) is 24.5 Å². The van der Waals surface area contributed by atoms with Crippen molar-refractivity contribution in [2.45, 2.75) is 23.9 Å². The third-order valence-electron chi connectivity index (χ3n) is 6.52. The molecule has 0 aliphatic carbocycles. The number of hydrogen-bond acceptors (Lipinski definition) is 6. The molecule has 8 nitrogen and oxygen atoms in total. The number of piperazine rings is 1. The van der Waals surface area contributed by atoms with Crippen LogP contribution in [0.1, 0.15) is 18.5 Å². The van der Waals surface area contributed by atoms with Gasteiger partial charge in [-0.2, -0.15) is 4.31 Å². The maximum Gasteiger partial charge on any atom is 0.243 e. The molecule has 0 radical (unpaired) electrons. The van der Waals surface area contributed by atoms with Gasteiger partial charge in [-0.3, -0.25) is 14.6 Å². The summed E-state index contributed by atoms with van der Waals surface area (Å²) in [5.41, 5.74) is 1.18. The topological polar surface area (TPSA) is 82.2 Å². The number of nitrogens with zero attached hydrogens (tertiary/aromatic N) is 3. The van der Waals surface area contributed by atoms with E-state index in [0.29, 0.717) is 44.3 Å². The van der Waals surface area contributed by atoms with Crippen molar-refractivity contribution < 1.29 is 17.9 Å². The summed E-state index contributed by atoms with van der Waals surface area (Å²) in [6.07, 6.45) is 0. The van der Waals surface area contributed by atoms with Gasteiger partial charge in [-0.25, -0.2) is 8.42 Å². The van der Waals surface area contributed by atoms with E-state index in [9.17, 15) is 13.2 Å². The number of ether oxygens (including phenoxy) is 1. The van der Waals surface area contributed by atoms with Crippen LogP contribution >= 0.6 is 0 Å². The lowest BCUT2D eigenvalue weighted by Crippen LogP contribution is -2.53. The molecule has 4 rings (SSSR count). The Morgan fingerprint density at radius 1 is 0.912 bits per heavy atom. The summed E-state index contributed by atoms with van der Waals surface area (Å²) in [5.74, 6) is -0.0407. The molecular formula is C25H34N4O4S. The third kappa shape index (κ3) is 6.03. The molecule has 2 aliphatic rings. The molecule has 1 amide bonds. The van der Waals surface area contributed by atoms with Crippen LogP contribution in [0.25, 0.3) is 0 Å². The van der Waals surface area contributed by atoms with Gasteiger partial charge >= 0.3 is 0 Å². The predicted octanol–water partition coefficient (Wildman–Crippen LogP) is 1.57. The van der Waals surface area contributed by atoms with Crippen molar-refractivity contribution in [3.8, 4) is 0 Å². The average Bonchev–Trinajstić information content (AvgIpc) is 2.86. The number of sulfonamides is 1. The van der Waals surface area contributed by atoms with E-state index in [1.807, 2.05) is 23.1 Å². The SMILES string of the molecule is CC(NC(=O)CN1CCN(S(=O)(=O)c2ccccc2)CC1)C(c1ccccc1)N1CCOCC1. The Morgan fingerprint density at radius 2 is 1.50 bits per heavy atom. The van der Waals surface area contributed by atoms with Crippen LogP contribution in [0.3, 0.4) is 0 Å². The van der Waals surface area contributed by atoms with Gasteiger partial charge < -0.3 is 10.1 Å². The van der Waals surface area contributed by atoms with E-state index < -0.39 is 10.0 Å². The van der Waals surface area contributed by atoms with E-state index in [0.717, 1.165) is 13.1 Å². The van der Waals surface area contributed by atoms with Crippen LogP contribution in [0.4, 0.5) is 0 Å². The number of benzene rings is 2. The summed E-state index contributed by atoms with van der Waals surface area (Å²) >= 11 is 0. The molecule has 1 N–H and O–H groups in total. The Balaban J connectivity index is 1.32. The quantitative estimate of drug-likeness (QED) is 0.610. The molecule has 184 valence electrons. The van der Waals surface area contributed by atoms with Crippen molar-refractivity contribution in [2.75, 3.05) is 59.0 Å². The molecular weight excluding hydrogens is 452 g/mol. The lowest BCUT2D eigenvalue weighted by atomic mass is 9.98. The third-order valence-corrected chi connectivity index (χ3v) is 8.43. The highest BCUT2D eigenvalue weighted by atomic mass is 32.2. The Bertz CT molecular complexity index is 1020. The van der Waals surface area contributed by atoms with Crippen LogP contribution in [0.2, 0.25) is 0 Å². The zero-order valence-corrected chi connectivity index (χ0v) is 20.5. The minimum absolute atomic E-state index is 0.0407. The number of amides is 1. The molecule has 2 fully saturated rings. The van der Waals surface area contributed by atoms with Gasteiger partial charge in [0.1, 0.15) is 0 Å². The standard InChI is InChI=1S/C25H34N4O4S/c1-21(25(22-8-4-2-5-9-22)28-16-18-33-19-17-28)26-24(30)20-27-12-14-29(15-13-27)34(31,32)23-10-6-3-7-11-23/h2-11,21,25H,12-20H2,1H3,(H,26,30). The number of morpholine rings is 1. The predicted molar refractivity (Wildman–Crippen MR) is 131 cm³/mol. The summed E-state index contributed by atoms with van der Waals surface area (Å²) in [7, 11) is -3.50. The Morgan fingerprint density at radius 3 is 2.12 bits per heavy atom. The van der Waals surface area contributed by atoms with Crippen molar-refractivity contribution in [3.63, 3.8) is 0 Å². The number of hydrogen-bond donors (Lipinski definition) is 1. The second-order valence-electron chi connectivity index (χ2n) is 8.85. The highest BCUT2D eigenvalue weighted by Crippen LogP contribution is 2.25. The smallest absolute Gasteiger partial charge is 0.243 e. The van der Waals surface area contributed by atoms with Crippen LogP contribution in [-0.4, -0.2) is 93.5 Å². The van der Waals surface area contributed by atoms with E-state index in [4.69, 9.17) is 4.74 Å². The van der Waals surface area contributed by atoms with Crippen molar-refractivity contribution >= 4 is 15.9 Å². The summed E-state index contributed by atoms with van der Waals surface area (Å²) in [4.78, 5) is 17.6. The van der Waals surface area contributed by atoms with Crippen molar-refractivity contribution in [3.05, 3.63) is 66.2 Å². The fourth-order valence-corrected chi connectivity index (χ4v) is 6.22. The molecule has 2 heterocycles. The molecule has 0 saturated carbocycles. The minimum Gasteiger partial charge on any atom is -0.379 e. The Kier molecular flexibility index (Phi) is 8.33. The molecule has 34 heavy (non-hydrogen) atoms. The molecule has 2 unspecified atom stereocenters. The molecule has 2 aromatic carbocycles. The first-order valence-corrected chi connectivity index (χ1v) is 13.3. The first-order valence-electron chi connectivity index (χ1n) is 11.9. The lowest BCUT2D eigenvalue weighted by Gasteiger charge is -2.39. The Labute approximate surface area is 202 Å². The largest absolute Gasteiger partial charge is 0.379 e. The summed E-state index contributed by atoms with van der Waals surface area (Å²) in [6.45, 7) is 7.17. The highest BCUT2D eigenvalue weighted by molar-refractivity contribution is 7.89. The van der Waals surface area contributed by atoms with Crippen LogP contribution in [0, 0.1) is 0 Å². The first-order chi connectivity index (χ1) is 16.4. The molecule has 0 spiro atoms. The highest BCUT2D eigenvalue weighted by Gasteiger charge is 2.31. The Hall–Kier alpha value is -2.30. The first kappa shape index (κ1) is 24.8. The van der Waals surface area contributed by atoms with Crippen LogP contribution < -0.4 is 5.32 Å². The second kappa shape index (κ2) is 11.4.